The molecule has 1 saturated heterocycles. The Hall–Kier alpha value is 0.200. The second kappa shape index (κ2) is 3.16. The van der Waals surface area contributed by atoms with Gasteiger partial charge in [0.2, 0.25) is 4.38 Å². The lowest BCUT2D eigenvalue weighted by Gasteiger charge is -2.11. The lowest BCUT2D eigenvalue weighted by atomic mass is 10.1. The van der Waals surface area contributed by atoms with Gasteiger partial charge in [-0.3, -0.25) is 0 Å². The van der Waals surface area contributed by atoms with Crippen molar-refractivity contribution >= 4 is 28.4 Å². The molecule has 0 radical (unpaired) electrons. The summed E-state index contributed by atoms with van der Waals surface area (Å²) in [7, 11) is 0. The molecule has 2 rings (SSSR count). The van der Waals surface area contributed by atoms with E-state index in [9.17, 15) is 0 Å². The summed E-state index contributed by atoms with van der Waals surface area (Å²) in [6.45, 7) is 2.56. The molecular weight excluding hydrogens is 192 g/mol. The zero-order valence-corrected chi connectivity index (χ0v) is 8.67. The van der Waals surface area contributed by atoms with Crippen LogP contribution in [0.5, 0.6) is 0 Å². The van der Waals surface area contributed by atoms with E-state index in [0.29, 0.717) is 9.80 Å². The van der Waals surface area contributed by atoms with Crippen LogP contribution >= 0.6 is 24.0 Å². The van der Waals surface area contributed by atoms with Gasteiger partial charge in [0.25, 0.3) is 0 Å². The Kier molecular flexibility index (Phi) is 2.31. The zero-order valence-electron chi connectivity index (χ0n) is 7.04. The molecule has 0 spiro atoms. The fourth-order valence-corrected chi connectivity index (χ4v) is 1.96. The van der Waals surface area contributed by atoms with Crippen LogP contribution in [0.1, 0.15) is 6.42 Å². The van der Waals surface area contributed by atoms with Crippen molar-refractivity contribution in [2.45, 2.75) is 6.42 Å². The zero-order chi connectivity index (χ0) is 8.60. The quantitative estimate of drug-likeness (QED) is 0.637. The standard InChI is InChI=1S/C8H12O2S2/c1-12-7(11)10-5-8-2-6(8)3-9-4-8/h6H,2-5H2,1H3. The third-order valence-corrected chi connectivity index (χ3v) is 3.78. The molecule has 0 bridgehead atoms. The fraction of sp³-hybridized carbons (Fsp3) is 0.875. The average molecular weight is 204 g/mol. The summed E-state index contributed by atoms with van der Waals surface area (Å²) in [5.41, 5.74) is 0.347. The van der Waals surface area contributed by atoms with Crippen LogP contribution in [0.25, 0.3) is 0 Å². The van der Waals surface area contributed by atoms with Crippen molar-refractivity contribution in [1.29, 1.82) is 0 Å². The lowest BCUT2D eigenvalue weighted by molar-refractivity contribution is 0.123. The maximum atomic E-state index is 5.43. The molecule has 1 saturated carbocycles. The molecule has 4 heteroatoms. The summed E-state index contributed by atoms with van der Waals surface area (Å²) in [4.78, 5) is 0. The molecule has 0 amide bonds. The molecule has 2 aliphatic rings. The van der Waals surface area contributed by atoms with Crippen LogP contribution in [0.3, 0.4) is 0 Å². The minimum absolute atomic E-state index is 0.347. The molecule has 12 heavy (non-hydrogen) atoms. The fourth-order valence-electron chi connectivity index (χ4n) is 1.73. The van der Waals surface area contributed by atoms with E-state index >= 15 is 0 Å². The molecule has 2 fully saturated rings. The summed E-state index contributed by atoms with van der Waals surface area (Å²) in [5, 5.41) is 0. The van der Waals surface area contributed by atoms with Gasteiger partial charge in [-0.05, 0) is 30.8 Å². The summed E-state index contributed by atoms with van der Waals surface area (Å²) in [5.74, 6) is 0.752. The lowest BCUT2D eigenvalue weighted by Crippen LogP contribution is -2.15. The number of fused-ring (bicyclic) bond motifs is 1. The molecule has 1 aliphatic carbocycles. The Balaban J connectivity index is 1.77. The van der Waals surface area contributed by atoms with Crippen LogP contribution in [0.4, 0.5) is 0 Å². The van der Waals surface area contributed by atoms with Crippen LogP contribution in [0.15, 0.2) is 0 Å². The first kappa shape index (κ1) is 8.78. The molecular formula is C8H12O2S2. The third kappa shape index (κ3) is 1.47. The van der Waals surface area contributed by atoms with E-state index in [1.54, 1.807) is 0 Å². The van der Waals surface area contributed by atoms with Gasteiger partial charge < -0.3 is 9.47 Å². The van der Waals surface area contributed by atoms with Gasteiger partial charge in [0.05, 0.1) is 19.8 Å². The Morgan fingerprint density at radius 3 is 3.17 bits per heavy atom. The van der Waals surface area contributed by atoms with Crippen molar-refractivity contribution in [2.24, 2.45) is 11.3 Å². The van der Waals surface area contributed by atoms with Crippen molar-refractivity contribution < 1.29 is 9.47 Å². The SMILES string of the molecule is CSC(=S)OCC12COCC1C2. The number of thioether (sulfide) groups is 1. The number of hydrogen-bond acceptors (Lipinski definition) is 4. The maximum Gasteiger partial charge on any atom is 0.219 e. The predicted molar refractivity (Wildman–Crippen MR) is 53.4 cm³/mol. The second-order valence-corrected chi connectivity index (χ2v) is 4.93. The van der Waals surface area contributed by atoms with E-state index in [1.165, 1.54) is 18.2 Å². The van der Waals surface area contributed by atoms with E-state index in [2.05, 4.69) is 0 Å². The number of rotatable bonds is 2. The van der Waals surface area contributed by atoms with Crippen LogP contribution in [-0.4, -0.2) is 30.5 Å². The van der Waals surface area contributed by atoms with Crippen molar-refractivity contribution in [3.8, 4) is 0 Å². The van der Waals surface area contributed by atoms with Crippen LogP contribution in [-0.2, 0) is 9.47 Å². The van der Waals surface area contributed by atoms with Crippen molar-refractivity contribution in [3.05, 3.63) is 0 Å². The highest BCUT2D eigenvalue weighted by molar-refractivity contribution is 8.22. The van der Waals surface area contributed by atoms with Gasteiger partial charge in [-0.1, -0.05) is 11.8 Å². The van der Waals surface area contributed by atoms with Gasteiger partial charge >= 0.3 is 0 Å². The highest BCUT2D eigenvalue weighted by atomic mass is 32.2. The summed E-state index contributed by atoms with van der Waals surface area (Å²) in [6.07, 6.45) is 3.21. The van der Waals surface area contributed by atoms with Gasteiger partial charge in [-0.15, -0.1) is 0 Å². The molecule has 0 aromatic rings. The minimum atomic E-state index is 0.347. The normalized spacial score (nSPS) is 37.6. The van der Waals surface area contributed by atoms with Crippen LogP contribution < -0.4 is 0 Å². The van der Waals surface area contributed by atoms with E-state index < -0.39 is 0 Å². The molecule has 0 aromatic carbocycles. The van der Waals surface area contributed by atoms with Crippen molar-refractivity contribution in [1.82, 2.24) is 0 Å². The topological polar surface area (TPSA) is 18.5 Å². The van der Waals surface area contributed by atoms with Crippen LogP contribution in [0.2, 0.25) is 0 Å². The second-order valence-electron chi connectivity index (χ2n) is 3.52. The summed E-state index contributed by atoms with van der Waals surface area (Å²) >= 11 is 6.45. The predicted octanol–water partition coefficient (Wildman–Crippen LogP) is 1.69. The third-order valence-electron chi connectivity index (χ3n) is 2.71. The molecule has 0 aromatic heterocycles. The van der Waals surface area contributed by atoms with Gasteiger partial charge in [0, 0.05) is 5.41 Å². The first-order valence-corrected chi connectivity index (χ1v) is 5.69. The number of ether oxygens (including phenoxy) is 2. The van der Waals surface area contributed by atoms with Gasteiger partial charge in [-0.2, -0.15) is 0 Å². The smallest absolute Gasteiger partial charge is 0.219 e. The largest absolute Gasteiger partial charge is 0.478 e. The maximum absolute atomic E-state index is 5.43. The highest BCUT2D eigenvalue weighted by Gasteiger charge is 2.58. The van der Waals surface area contributed by atoms with Gasteiger partial charge in [-0.25, -0.2) is 0 Å². The molecule has 68 valence electrons. The van der Waals surface area contributed by atoms with Crippen molar-refractivity contribution in [2.75, 3.05) is 26.1 Å². The van der Waals surface area contributed by atoms with E-state index in [0.717, 1.165) is 25.7 Å². The van der Waals surface area contributed by atoms with Gasteiger partial charge in [0.1, 0.15) is 0 Å². The Bertz CT molecular complexity index is 207. The van der Waals surface area contributed by atoms with Crippen molar-refractivity contribution in [3.63, 3.8) is 0 Å². The van der Waals surface area contributed by atoms with Gasteiger partial charge in [0.15, 0.2) is 0 Å². The average Bonchev–Trinajstić information content (AvgIpc) is 2.65. The molecule has 1 aliphatic heterocycles. The Morgan fingerprint density at radius 2 is 2.67 bits per heavy atom. The molecule has 0 N–H and O–H groups in total. The van der Waals surface area contributed by atoms with E-state index in [-0.39, 0.29) is 0 Å². The minimum Gasteiger partial charge on any atom is -0.478 e. The van der Waals surface area contributed by atoms with Crippen LogP contribution in [0, 0.1) is 11.3 Å². The van der Waals surface area contributed by atoms with E-state index in [1.807, 2.05) is 6.26 Å². The molecule has 2 nitrogen and oxygen atoms in total. The summed E-state index contributed by atoms with van der Waals surface area (Å²) < 4.78 is 11.4. The first-order valence-electron chi connectivity index (χ1n) is 4.05. The Morgan fingerprint density at radius 1 is 1.83 bits per heavy atom. The monoisotopic (exact) mass is 204 g/mol. The molecule has 2 atom stereocenters. The first-order chi connectivity index (χ1) is 5.77. The highest BCUT2D eigenvalue weighted by Crippen LogP contribution is 2.56. The van der Waals surface area contributed by atoms with E-state index in [4.69, 9.17) is 21.7 Å². The Labute approximate surface area is 82.0 Å². The molecule has 1 heterocycles. The summed E-state index contributed by atoms with van der Waals surface area (Å²) in [6, 6.07) is 0. The molecule has 2 unspecified atom stereocenters. The number of thiocarbonyl (C=S) groups is 1. The number of hydrogen-bond donors (Lipinski definition) is 0.